The molecule has 0 atom stereocenters. The van der Waals surface area contributed by atoms with Gasteiger partial charge in [-0.15, -0.1) is 0 Å². The van der Waals surface area contributed by atoms with Gasteiger partial charge in [-0.3, -0.25) is 9.48 Å². The number of anilines is 1. The van der Waals surface area contributed by atoms with Crippen LogP contribution in [0.5, 0.6) is 5.75 Å². The Hall–Kier alpha value is -2.51. The zero-order chi connectivity index (χ0) is 23.4. The minimum atomic E-state index is -0.271. The number of nitrogens with zero attached hydrogens (tertiary/aromatic N) is 2. The van der Waals surface area contributed by atoms with E-state index in [4.69, 9.17) is 39.5 Å². The maximum atomic E-state index is 12.7. The monoisotopic (exact) mass is 563 g/mol. The van der Waals surface area contributed by atoms with Gasteiger partial charge in [0.2, 0.25) is 0 Å². The maximum absolute atomic E-state index is 12.7. The number of benzene rings is 3. The lowest BCUT2D eigenvalue weighted by Gasteiger charge is -2.08. The molecule has 0 radical (unpaired) electrons. The van der Waals surface area contributed by atoms with E-state index in [1.54, 1.807) is 47.3 Å². The molecule has 9 heteroatoms. The fourth-order valence-electron chi connectivity index (χ4n) is 3.04. The Kier molecular flexibility index (Phi) is 7.60. The molecule has 0 saturated carbocycles. The Morgan fingerprint density at radius 1 is 1.00 bits per heavy atom. The molecule has 0 unspecified atom stereocenters. The first-order valence-corrected chi connectivity index (χ1v) is 11.8. The Bertz CT molecular complexity index is 1290. The largest absolute Gasteiger partial charge is 0.489 e. The summed E-state index contributed by atoms with van der Waals surface area (Å²) < 4.78 is 8.08. The molecule has 1 heterocycles. The summed E-state index contributed by atoms with van der Waals surface area (Å²) in [6, 6.07) is 19.7. The molecule has 4 rings (SSSR count). The lowest BCUT2D eigenvalue weighted by Crippen LogP contribution is -2.13. The SMILES string of the molecule is O=C(Nc1nn(Cc2ccc(Cl)cc2Cl)cc1Br)c1ccc(COc2cccc(Cl)c2)cc1. The van der Waals surface area contributed by atoms with Gasteiger partial charge in [0.1, 0.15) is 12.4 Å². The summed E-state index contributed by atoms with van der Waals surface area (Å²) in [5.41, 5.74) is 2.30. The lowest BCUT2D eigenvalue weighted by molar-refractivity contribution is 0.102. The van der Waals surface area contributed by atoms with E-state index in [-0.39, 0.29) is 5.91 Å². The first kappa shape index (κ1) is 23.6. The van der Waals surface area contributed by atoms with E-state index in [9.17, 15) is 4.79 Å². The molecule has 4 aromatic rings. The van der Waals surface area contributed by atoms with E-state index in [2.05, 4.69) is 26.3 Å². The van der Waals surface area contributed by atoms with Crippen LogP contribution in [0.15, 0.2) is 77.4 Å². The van der Waals surface area contributed by atoms with Gasteiger partial charge in [-0.2, -0.15) is 5.10 Å². The highest BCUT2D eigenvalue weighted by molar-refractivity contribution is 9.10. The van der Waals surface area contributed by atoms with Crippen molar-refractivity contribution in [3.8, 4) is 5.75 Å². The van der Waals surface area contributed by atoms with Crippen LogP contribution < -0.4 is 10.1 Å². The molecule has 33 heavy (non-hydrogen) atoms. The van der Waals surface area contributed by atoms with Crippen molar-refractivity contribution in [3.63, 3.8) is 0 Å². The fraction of sp³-hybridized carbons (Fsp3) is 0.0833. The predicted octanol–water partition coefficient (Wildman–Crippen LogP) is 7.49. The fourth-order valence-corrected chi connectivity index (χ4v) is 4.11. The average Bonchev–Trinajstić information content (AvgIpc) is 3.13. The second-order valence-electron chi connectivity index (χ2n) is 7.16. The molecule has 1 N–H and O–H groups in total. The molecule has 0 saturated heterocycles. The molecule has 0 fully saturated rings. The second-order valence-corrected chi connectivity index (χ2v) is 9.29. The summed E-state index contributed by atoms with van der Waals surface area (Å²) in [6.07, 6.45) is 1.77. The number of halogens is 4. The third kappa shape index (κ3) is 6.30. The summed E-state index contributed by atoms with van der Waals surface area (Å²) >= 11 is 21.6. The molecular formula is C24H17BrCl3N3O2. The molecule has 0 spiro atoms. The number of hydrogen-bond donors (Lipinski definition) is 1. The number of carbonyl (C=O) groups excluding carboxylic acids is 1. The molecule has 0 aliphatic carbocycles. The number of nitrogens with one attached hydrogen (secondary N) is 1. The molecule has 1 aromatic heterocycles. The smallest absolute Gasteiger partial charge is 0.256 e. The summed E-state index contributed by atoms with van der Waals surface area (Å²) in [4.78, 5) is 12.7. The molecule has 5 nitrogen and oxygen atoms in total. The Balaban J connectivity index is 1.37. The van der Waals surface area contributed by atoms with E-state index in [1.165, 1.54) is 0 Å². The topological polar surface area (TPSA) is 56.2 Å². The van der Waals surface area contributed by atoms with Gasteiger partial charge < -0.3 is 10.1 Å². The third-order valence-electron chi connectivity index (χ3n) is 4.71. The second kappa shape index (κ2) is 10.6. The van der Waals surface area contributed by atoms with Crippen LogP contribution in [0.3, 0.4) is 0 Å². The minimum Gasteiger partial charge on any atom is -0.489 e. The van der Waals surface area contributed by atoms with E-state index >= 15 is 0 Å². The highest BCUT2D eigenvalue weighted by Crippen LogP contribution is 2.25. The van der Waals surface area contributed by atoms with Gasteiger partial charge in [-0.05, 0) is 69.5 Å². The predicted molar refractivity (Wildman–Crippen MR) is 136 cm³/mol. The Morgan fingerprint density at radius 3 is 2.48 bits per heavy atom. The molecule has 168 valence electrons. The van der Waals surface area contributed by atoms with Crippen LogP contribution in [0.1, 0.15) is 21.5 Å². The quantitative estimate of drug-likeness (QED) is 0.253. The van der Waals surface area contributed by atoms with Crippen LogP contribution in [0.25, 0.3) is 0 Å². The zero-order valence-corrected chi connectivity index (χ0v) is 20.9. The van der Waals surface area contributed by atoms with Crippen LogP contribution in [0, 0.1) is 0 Å². The van der Waals surface area contributed by atoms with Crippen molar-refractivity contribution in [2.24, 2.45) is 0 Å². The zero-order valence-electron chi connectivity index (χ0n) is 17.1. The van der Waals surface area contributed by atoms with Crippen molar-refractivity contribution in [1.29, 1.82) is 0 Å². The highest BCUT2D eigenvalue weighted by atomic mass is 79.9. The maximum Gasteiger partial charge on any atom is 0.256 e. The van der Waals surface area contributed by atoms with Gasteiger partial charge in [0.25, 0.3) is 5.91 Å². The molecule has 3 aromatic carbocycles. The van der Waals surface area contributed by atoms with Crippen molar-refractivity contribution in [2.75, 3.05) is 5.32 Å². The van der Waals surface area contributed by atoms with Crippen molar-refractivity contribution < 1.29 is 9.53 Å². The average molecular weight is 566 g/mol. The van der Waals surface area contributed by atoms with Crippen molar-refractivity contribution in [1.82, 2.24) is 9.78 Å². The standard InChI is InChI=1S/C24H17BrCl3N3O2/c25-21-13-31(12-17-8-9-19(27)11-22(17)28)30-23(21)29-24(32)16-6-4-15(5-7-16)14-33-20-3-1-2-18(26)10-20/h1-11,13H,12,14H2,(H,29,30,32). The molecule has 0 aliphatic heterocycles. The van der Waals surface area contributed by atoms with Crippen LogP contribution in [0.2, 0.25) is 15.1 Å². The lowest BCUT2D eigenvalue weighted by atomic mass is 10.1. The minimum absolute atomic E-state index is 0.271. The van der Waals surface area contributed by atoms with Crippen molar-refractivity contribution >= 4 is 62.5 Å². The molecular weight excluding hydrogens is 549 g/mol. The molecule has 1 amide bonds. The van der Waals surface area contributed by atoms with Crippen molar-refractivity contribution in [2.45, 2.75) is 13.2 Å². The first-order chi connectivity index (χ1) is 15.9. The molecule has 0 aliphatic rings. The van der Waals surface area contributed by atoms with Gasteiger partial charge in [0.05, 0.1) is 11.0 Å². The van der Waals surface area contributed by atoms with Crippen LogP contribution >= 0.6 is 50.7 Å². The summed E-state index contributed by atoms with van der Waals surface area (Å²) in [5, 5.41) is 9.00. The number of carbonyl (C=O) groups is 1. The number of hydrogen-bond acceptors (Lipinski definition) is 3. The van der Waals surface area contributed by atoms with Crippen molar-refractivity contribution in [3.05, 3.63) is 109 Å². The Morgan fingerprint density at radius 2 is 1.76 bits per heavy atom. The van der Waals surface area contributed by atoms with Crippen LogP contribution in [-0.2, 0) is 13.2 Å². The van der Waals surface area contributed by atoms with Gasteiger partial charge in [0.15, 0.2) is 5.82 Å². The Labute approximate surface area is 214 Å². The van der Waals surface area contributed by atoms with E-state index in [1.807, 2.05) is 30.3 Å². The van der Waals surface area contributed by atoms with Gasteiger partial charge in [-0.25, -0.2) is 0 Å². The van der Waals surface area contributed by atoms with E-state index in [0.717, 1.165) is 11.1 Å². The van der Waals surface area contributed by atoms with Crippen LogP contribution in [0.4, 0.5) is 5.82 Å². The summed E-state index contributed by atoms with van der Waals surface area (Å²) in [7, 11) is 0. The molecule has 0 bridgehead atoms. The third-order valence-corrected chi connectivity index (χ3v) is 6.12. The van der Waals surface area contributed by atoms with E-state index in [0.29, 0.717) is 49.8 Å². The number of ether oxygens (including phenoxy) is 1. The number of amides is 1. The highest BCUT2D eigenvalue weighted by Gasteiger charge is 2.13. The van der Waals surface area contributed by atoms with Gasteiger partial charge >= 0.3 is 0 Å². The van der Waals surface area contributed by atoms with E-state index < -0.39 is 0 Å². The van der Waals surface area contributed by atoms with Gasteiger partial charge in [-0.1, -0.05) is 59.1 Å². The number of rotatable bonds is 7. The number of aromatic nitrogens is 2. The van der Waals surface area contributed by atoms with Gasteiger partial charge in [0, 0.05) is 26.8 Å². The first-order valence-electron chi connectivity index (χ1n) is 9.83. The normalized spacial score (nSPS) is 10.8. The summed E-state index contributed by atoms with van der Waals surface area (Å²) in [5.74, 6) is 0.830. The van der Waals surface area contributed by atoms with Crippen LogP contribution in [-0.4, -0.2) is 15.7 Å². The summed E-state index contributed by atoms with van der Waals surface area (Å²) in [6.45, 7) is 0.803.